The molecule has 4 nitrogen and oxygen atoms in total. The van der Waals surface area contributed by atoms with Gasteiger partial charge in [0.25, 0.3) is 0 Å². The summed E-state index contributed by atoms with van der Waals surface area (Å²) >= 11 is 1.75. The molecule has 0 saturated carbocycles. The summed E-state index contributed by atoms with van der Waals surface area (Å²) in [6.45, 7) is 3.08. The summed E-state index contributed by atoms with van der Waals surface area (Å²) in [6.07, 6.45) is 1.70. The minimum absolute atomic E-state index is 0.0381. The number of thioether (sulfide) groups is 1. The van der Waals surface area contributed by atoms with Gasteiger partial charge in [-0.2, -0.15) is 0 Å². The highest BCUT2D eigenvalue weighted by Gasteiger charge is 2.34. The van der Waals surface area contributed by atoms with Crippen LogP contribution in [0.1, 0.15) is 19.8 Å². The van der Waals surface area contributed by atoms with Crippen LogP contribution in [0.25, 0.3) is 0 Å². The number of rotatable bonds is 1. The lowest BCUT2D eigenvalue weighted by Gasteiger charge is -2.37. The van der Waals surface area contributed by atoms with Crippen LogP contribution in [-0.2, 0) is 4.79 Å². The Labute approximate surface area is 94.4 Å². The molecule has 2 fully saturated rings. The van der Waals surface area contributed by atoms with E-state index in [2.05, 4.69) is 5.32 Å². The number of hydrogen-bond donors (Lipinski definition) is 2. The van der Waals surface area contributed by atoms with Crippen molar-refractivity contribution in [1.82, 2.24) is 10.2 Å². The molecule has 86 valence electrons. The number of carbonyl (C=O) groups excluding carboxylic acids is 1. The van der Waals surface area contributed by atoms with E-state index in [1.807, 2.05) is 6.92 Å². The van der Waals surface area contributed by atoms with Gasteiger partial charge in [-0.05, 0) is 19.8 Å². The van der Waals surface area contributed by atoms with E-state index >= 15 is 0 Å². The molecule has 5 heteroatoms. The van der Waals surface area contributed by atoms with Crippen LogP contribution in [0.2, 0.25) is 0 Å². The molecule has 2 aliphatic heterocycles. The minimum Gasteiger partial charge on any atom is -0.388 e. The van der Waals surface area contributed by atoms with Gasteiger partial charge >= 0.3 is 0 Å². The van der Waals surface area contributed by atoms with Crippen molar-refractivity contribution in [2.45, 2.75) is 31.4 Å². The number of β-amino-alcohol motifs (C(OH)–C–C–N with tert-alkyl or cyclic N) is 1. The number of aliphatic hydroxyl groups is 1. The minimum atomic E-state index is -0.695. The number of carbonyl (C=O) groups is 1. The van der Waals surface area contributed by atoms with Crippen LogP contribution >= 0.6 is 11.8 Å². The van der Waals surface area contributed by atoms with Crippen LogP contribution in [0.5, 0.6) is 0 Å². The molecule has 0 bridgehead atoms. The Kier molecular flexibility index (Phi) is 3.23. The molecule has 1 amide bonds. The van der Waals surface area contributed by atoms with Gasteiger partial charge in [-0.1, -0.05) is 0 Å². The smallest absolute Gasteiger partial charge is 0.240 e. The van der Waals surface area contributed by atoms with Gasteiger partial charge in [-0.15, -0.1) is 11.8 Å². The molecule has 0 aliphatic carbocycles. The van der Waals surface area contributed by atoms with Gasteiger partial charge < -0.3 is 10.0 Å². The second-order valence-electron chi connectivity index (χ2n) is 4.63. The van der Waals surface area contributed by atoms with E-state index in [0.29, 0.717) is 6.54 Å². The van der Waals surface area contributed by atoms with Crippen molar-refractivity contribution in [1.29, 1.82) is 0 Å². The van der Waals surface area contributed by atoms with Crippen molar-refractivity contribution in [2.24, 2.45) is 0 Å². The Morgan fingerprint density at radius 1 is 1.67 bits per heavy atom. The molecule has 2 aliphatic rings. The molecule has 2 unspecified atom stereocenters. The average molecular weight is 230 g/mol. The van der Waals surface area contributed by atoms with Gasteiger partial charge in [-0.25, -0.2) is 0 Å². The first-order valence-electron chi connectivity index (χ1n) is 5.41. The standard InChI is InChI=1S/C10H18N2O2S/c1-10(14)3-2-4-12(6-10)9(13)8-5-15-7-11-8/h8,11,14H,2-7H2,1H3. The van der Waals surface area contributed by atoms with Crippen LogP contribution in [0.3, 0.4) is 0 Å². The van der Waals surface area contributed by atoms with Crippen molar-refractivity contribution in [3.05, 3.63) is 0 Å². The zero-order chi connectivity index (χ0) is 10.9. The Balaban J connectivity index is 1.94. The molecular formula is C10H18N2O2S. The normalized spacial score (nSPS) is 36.9. The number of nitrogens with zero attached hydrogens (tertiary/aromatic N) is 1. The monoisotopic (exact) mass is 230 g/mol. The highest BCUT2D eigenvalue weighted by Crippen LogP contribution is 2.22. The largest absolute Gasteiger partial charge is 0.388 e. The topological polar surface area (TPSA) is 52.6 Å². The summed E-state index contributed by atoms with van der Waals surface area (Å²) in [5.41, 5.74) is -0.695. The fraction of sp³-hybridized carbons (Fsp3) is 0.900. The van der Waals surface area contributed by atoms with E-state index in [1.165, 1.54) is 0 Å². The molecule has 0 aromatic heterocycles. The summed E-state index contributed by atoms with van der Waals surface area (Å²) in [6, 6.07) is -0.0381. The maximum Gasteiger partial charge on any atom is 0.240 e. The van der Waals surface area contributed by atoms with E-state index in [-0.39, 0.29) is 11.9 Å². The predicted octanol–water partition coefficient (Wildman–Crippen LogP) is 0.0223. The lowest BCUT2D eigenvalue weighted by atomic mass is 9.95. The van der Waals surface area contributed by atoms with Crippen LogP contribution < -0.4 is 5.32 Å². The molecule has 2 saturated heterocycles. The average Bonchev–Trinajstić information content (AvgIpc) is 2.67. The van der Waals surface area contributed by atoms with Crippen molar-refractivity contribution in [2.75, 3.05) is 24.7 Å². The zero-order valence-electron chi connectivity index (χ0n) is 9.03. The zero-order valence-corrected chi connectivity index (χ0v) is 9.85. The van der Waals surface area contributed by atoms with Gasteiger partial charge in [0.15, 0.2) is 0 Å². The Morgan fingerprint density at radius 2 is 2.47 bits per heavy atom. The molecule has 2 N–H and O–H groups in total. The SMILES string of the molecule is CC1(O)CCCN(C(=O)C2CSCN2)C1. The molecule has 2 atom stereocenters. The van der Waals surface area contributed by atoms with Gasteiger partial charge in [0.1, 0.15) is 0 Å². The molecule has 2 rings (SSSR count). The number of hydrogen-bond acceptors (Lipinski definition) is 4. The van der Waals surface area contributed by atoms with E-state index in [1.54, 1.807) is 16.7 Å². The van der Waals surface area contributed by atoms with E-state index in [9.17, 15) is 9.90 Å². The Bertz CT molecular complexity index is 252. The third-order valence-corrected chi connectivity index (χ3v) is 3.94. The van der Waals surface area contributed by atoms with Crippen LogP contribution in [0.4, 0.5) is 0 Å². The predicted molar refractivity (Wildman–Crippen MR) is 60.7 cm³/mol. The summed E-state index contributed by atoms with van der Waals surface area (Å²) in [7, 11) is 0. The second-order valence-corrected chi connectivity index (χ2v) is 5.66. The summed E-state index contributed by atoms with van der Waals surface area (Å²) in [4.78, 5) is 13.8. The van der Waals surface area contributed by atoms with Crippen molar-refractivity contribution in [3.8, 4) is 0 Å². The van der Waals surface area contributed by atoms with Crippen molar-refractivity contribution < 1.29 is 9.90 Å². The molecule has 0 aromatic carbocycles. The first-order chi connectivity index (χ1) is 7.08. The van der Waals surface area contributed by atoms with Crippen LogP contribution in [0.15, 0.2) is 0 Å². The molecular weight excluding hydrogens is 212 g/mol. The van der Waals surface area contributed by atoms with Crippen LogP contribution in [0, 0.1) is 0 Å². The van der Waals surface area contributed by atoms with Gasteiger partial charge in [0, 0.05) is 24.7 Å². The van der Waals surface area contributed by atoms with Crippen molar-refractivity contribution >= 4 is 17.7 Å². The summed E-state index contributed by atoms with van der Waals surface area (Å²) < 4.78 is 0. The van der Waals surface area contributed by atoms with E-state index < -0.39 is 5.60 Å². The maximum absolute atomic E-state index is 12.0. The van der Waals surface area contributed by atoms with Gasteiger partial charge in [0.2, 0.25) is 5.91 Å². The molecule has 15 heavy (non-hydrogen) atoms. The Morgan fingerprint density at radius 3 is 3.07 bits per heavy atom. The quantitative estimate of drug-likeness (QED) is 0.667. The maximum atomic E-state index is 12.0. The highest BCUT2D eigenvalue weighted by molar-refractivity contribution is 7.99. The lowest BCUT2D eigenvalue weighted by molar-refractivity contribution is -0.138. The number of nitrogens with one attached hydrogen (secondary N) is 1. The number of likely N-dealkylation sites (tertiary alicyclic amines) is 1. The molecule has 0 radical (unpaired) electrons. The van der Waals surface area contributed by atoms with E-state index in [0.717, 1.165) is 31.0 Å². The molecule has 0 aromatic rings. The third-order valence-electron chi connectivity index (χ3n) is 3.00. The molecule has 2 heterocycles. The van der Waals surface area contributed by atoms with Gasteiger partial charge in [-0.3, -0.25) is 10.1 Å². The van der Waals surface area contributed by atoms with E-state index in [4.69, 9.17) is 0 Å². The first-order valence-corrected chi connectivity index (χ1v) is 6.56. The first kappa shape index (κ1) is 11.2. The van der Waals surface area contributed by atoms with Crippen LogP contribution in [-0.4, -0.2) is 52.3 Å². The highest BCUT2D eigenvalue weighted by atomic mass is 32.2. The summed E-state index contributed by atoms with van der Waals surface area (Å²) in [5, 5.41) is 13.1. The third kappa shape index (κ3) is 2.65. The molecule has 0 spiro atoms. The van der Waals surface area contributed by atoms with Gasteiger partial charge in [0.05, 0.1) is 11.6 Å². The lowest BCUT2D eigenvalue weighted by Crippen LogP contribution is -2.53. The van der Waals surface area contributed by atoms with Crippen molar-refractivity contribution in [3.63, 3.8) is 0 Å². The Hall–Kier alpha value is -0.260. The fourth-order valence-corrected chi connectivity index (χ4v) is 3.12. The number of piperidine rings is 1. The number of amides is 1. The fourth-order valence-electron chi connectivity index (χ4n) is 2.18. The second kappa shape index (κ2) is 4.31. The summed E-state index contributed by atoms with van der Waals surface area (Å²) in [5.74, 6) is 1.87.